The zero-order valence-electron chi connectivity index (χ0n) is 14.1. The Bertz CT molecular complexity index is 876. The maximum Gasteiger partial charge on any atom is 0.253 e. The van der Waals surface area contributed by atoms with E-state index in [-0.39, 0.29) is 28.2 Å². The van der Waals surface area contributed by atoms with Gasteiger partial charge in [0.25, 0.3) is 5.91 Å². The fourth-order valence-corrected chi connectivity index (χ4v) is 4.57. The predicted octanol–water partition coefficient (Wildman–Crippen LogP) is 3.12. The van der Waals surface area contributed by atoms with Gasteiger partial charge in [0.15, 0.2) is 9.84 Å². The summed E-state index contributed by atoms with van der Waals surface area (Å²) >= 11 is 0. The Hall–Kier alpha value is -2.34. The highest BCUT2D eigenvalue weighted by Crippen LogP contribution is 2.32. The van der Waals surface area contributed by atoms with E-state index >= 15 is 0 Å². The van der Waals surface area contributed by atoms with Crippen LogP contribution in [-0.2, 0) is 9.84 Å². The van der Waals surface area contributed by atoms with Crippen LogP contribution in [0, 0.1) is 0 Å². The summed E-state index contributed by atoms with van der Waals surface area (Å²) in [6.45, 7) is 2.32. The number of rotatable bonds is 5. The van der Waals surface area contributed by atoms with Crippen molar-refractivity contribution in [2.75, 3.05) is 12.4 Å². The molecule has 1 amide bonds. The maximum atomic E-state index is 12.8. The van der Waals surface area contributed by atoms with Crippen molar-refractivity contribution in [1.29, 1.82) is 0 Å². The monoisotopic (exact) mass is 359 g/mol. The number of benzene rings is 2. The lowest BCUT2D eigenvalue weighted by atomic mass is 10.00. The fraction of sp³-hybridized carbons (Fsp3) is 0.316. The van der Waals surface area contributed by atoms with Gasteiger partial charge in [-0.2, -0.15) is 0 Å². The van der Waals surface area contributed by atoms with Gasteiger partial charge in [-0.15, -0.1) is 0 Å². The number of carbonyl (C=O) groups excluding carboxylic acids is 1. The smallest absolute Gasteiger partial charge is 0.253 e. The average Bonchev–Trinajstić information content (AvgIpc) is 2.62. The van der Waals surface area contributed by atoms with E-state index in [1.165, 1.54) is 6.07 Å². The zero-order valence-corrected chi connectivity index (χ0v) is 14.9. The molecule has 25 heavy (non-hydrogen) atoms. The average molecular weight is 359 g/mol. The Labute approximate surface area is 147 Å². The molecule has 0 bridgehead atoms. The Morgan fingerprint density at radius 1 is 1.16 bits per heavy atom. The molecule has 0 aliphatic carbocycles. The van der Waals surface area contributed by atoms with Gasteiger partial charge in [0.1, 0.15) is 5.75 Å². The minimum absolute atomic E-state index is 0.0252. The summed E-state index contributed by atoms with van der Waals surface area (Å²) in [6, 6.07) is 13.7. The molecular formula is C19H21NO4S. The molecule has 1 aliphatic heterocycles. The fourth-order valence-electron chi connectivity index (χ4n) is 3.03. The number of fused-ring (bicyclic) bond motifs is 1. The first-order valence-electron chi connectivity index (χ1n) is 8.37. The van der Waals surface area contributed by atoms with E-state index in [0.29, 0.717) is 19.4 Å². The normalized spacial score (nSPS) is 16.6. The summed E-state index contributed by atoms with van der Waals surface area (Å²) in [7, 11) is -3.47. The molecule has 0 saturated heterocycles. The molecule has 1 aliphatic rings. The highest BCUT2D eigenvalue weighted by molar-refractivity contribution is 7.91. The van der Waals surface area contributed by atoms with E-state index in [4.69, 9.17) is 4.74 Å². The summed E-state index contributed by atoms with van der Waals surface area (Å²) in [4.78, 5) is 12.9. The van der Waals surface area contributed by atoms with Crippen molar-refractivity contribution in [3.8, 4) is 5.75 Å². The molecule has 0 spiro atoms. The molecule has 1 heterocycles. The van der Waals surface area contributed by atoms with Gasteiger partial charge in [0, 0.05) is 12.0 Å². The number of para-hydroxylation sites is 1. The third-order valence-corrected chi connectivity index (χ3v) is 6.18. The Kier molecular flexibility index (Phi) is 5.08. The first kappa shape index (κ1) is 17.5. The number of hydrogen-bond acceptors (Lipinski definition) is 4. The SMILES string of the molecule is CCCS(=O)(=O)c1ccccc1C(=O)N[C@@H]1CCOc2ccccc21. The van der Waals surface area contributed by atoms with Crippen LogP contribution < -0.4 is 10.1 Å². The van der Waals surface area contributed by atoms with Crippen molar-refractivity contribution >= 4 is 15.7 Å². The molecule has 0 saturated carbocycles. The predicted molar refractivity (Wildman–Crippen MR) is 95.5 cm³/mol. The lowest BCUT2D eigenvalue weighted by Gasteiger charge is -2.26. The molecule has 0 aromatic heterocycles. The van der Waals surface area contributed by atoms with Crippen molar-refractivity contribution in [2.45, 2.75) is 30.7 Å². The summed E-state index contributed by atoms with van der Waals surface area (Å²) in [5.74, 6) is 0.403. The highest BCUT2D eigenvalue weighted by Gasteiger charge is 2.26. The molecule has 1 N–H and O–H groups in total. The molecule has 2 aromatic carbocycles. The first-order valence-corrected chi connectivity index (χ1v) is 10.0. The molecule has 1 atom stereocenters. The number of sulfone groups is 1. The molecule has 3 rings (SSSR count). The molecule has 6 heteroatoms. The topological polar surface area (TPSA) is 72.5 Å². The van der Waals surface area contributed by atoms with E-state index in [9.17, 15) is 13.2 Å². The zero-order chi connectivity index (χ0) is 17.9. The number of carbonyl (C=O) groups is 1. The molecule has 0 fully saturated rings. The molecule has 132 valence electrons. The van der Waals surface area contributed by atoms with Crippen molar-refractivity contribution in [3.63, 3.8) is 0 Å². The highest BCUT2D eigenvalue weighted by atomic mass is 32.2. The number of nitrogens with one attached hydrogen (secondary N) is 1. The minimum Gasteiger partial charge on any atom is -0.493 e. The summed E-state index contributed by atoms with van der Waals surface area (Å²) in [6.07, 6.45) is 1.15. The minimum atomic E-state index is -3.47. The summed E-state index contributed by atoms with van der Waals surface area (Å²) in [5, 5.41) is 2.96. The standard InChI is InChI=1S/C19H21NO4S/c1-2-13-25(22,23)18-10-6-4-8-15(18)19(21)20-16-11-12-24-17-9-5-3-7-14(16)17/h3-10,16H,2,11-13H2,1H3,(H,20,21)/t16-/m1/s1. The van der Waals surface area contributed by atoms with Gasteiger partial charge in [-0.25, -0.2) is 8.42 Å². The van der Waals surface area contributed by atoms with Crippen molar-refractivity contribution < 1.29 is 17.9 Å². The van der Waals surface area contributed by atoms with E-state index in [2.05, 4.69) is 5.32 Å². The molecule has 5 nitrogen and oxygen atoms in total. The number of hydrogen-bond donors (Lipinski definition) is 1. The van der Waals surface area contributed by atoms with Crippen molar-refractivity contribution in [2.24, 2.45) is 0 Å². The van der Waals surface area contributed by atoms with E-state index in [1.807, 2.05) is 24.3 Å². The van der Waals surface area contributed by atoms with Gasteiger partial charge in [-0.05, 0) is 24.6 Å². The van der Waals surface area contributed by atoms with Crippen LogP contribution in [0.3, 0.4) is 0 Å². The molecular weight excluding hydrogens is 338 g/mol. The third-order valence-electron chi connectivity index (χ3n) is 4.20. The van der Waals surface area contributed by atoms with Gasteiger partial charge in [-0.1, -0.05) is 37.3 Å². The van der Waals surface area contributed by atoms with Crippen LogP contribution in [0.2, 0.25) is 0 Å². The van der Waals surface area contributed by atoms with Crippen LogP contribution in [0.5, 0.6) is 5.75 Å². The van der Waals surface area contributed by atoms with Gasteiger partial charge in [-0.3, -0.25) is 4.79 Å². The quantitative estimate of drug-likeness (QED) is 0.890. The maximum absolute atomic E-state index is 12.8. The second-order valence-electron chi connectivity index (χ2n) is 6.02. The molecule has 0 radical (unpaired) electrons. The van der Waals surface area contributed by atoms with E-state index in [0.717, 1.165) is 11.3 Å². The lowest BCUT2D eigenvalue weighted by molar-refractivity contribution is 0.0921. The van der Waals surface area contributed by atoms with Gasteiger partial charge >= 0.3 is 0 Å². The van der Waals surface area contributed by atoms with Gasteiger partial charge in [0.2, 0.25) is 0 Å². The van der Waals surface area contributed by atoms with Gasteiger partial charge < -0.3 is 10.1 Å². The van der Waals surface area contributed by atoms with Gasteiger partial charge in [0.05, 0.1) is 28.9 Å². The Morgan fingerprint density at radius 2 is 1.88 bits per heavy atom. The lowest BCUT2D eigenvalue weighted by Crippen LogP contribution is -2.33. The van der Waals surface area contributed by atoms with Crippen LogP contribution >= 0.6 is 0 Å². The van der Waals surface area contributed by atoms with Crippen molar-refractivity contribution in [3.05, 3.63) is 59.7 Å². The van der Waals surface area contributed by atoms with Crippen LogP contribution in [-0.4, -0.2) is 26.7 Å². The first-order chi connectivity index (χ1) is 12.0. The Morgan fingerprint density at radius 3 is 2.68 bits per heavy atom. The van der Waals surface area contributed by atoms with Crippen LogP contribution in [0.1, 0.15) is 41.7 Å². The second kappa shape index (κ2) is 7.27. The largest absolute Gasteiger partial charge is 0.493 e. The van der Waals surface area contributed by atoms with E-state index in [1.54, 1.807) is 25.1 Å². The number of amides is 1. The molecule has 0 unspecified atom stereocenters. The van der Waals surface area contributed by atoms with E-state index < -0.39 is 9.84 Å². The Balaban J connectivity index is 1.89. The molecule has 2 aromatic rings. The van der Waals surface area contributed by atoms with Crippen LogP contribution in [0.4, 0.5) is 0 Å². The summed E-state index contributed by atoms with van der Waals surface area (Å²) in [5.41, 5.74) is 1.11. The summed E-state index contributed by atoms with van der Waals surface area (Å²) < 4.78 is 30.5. The van der Waals surface area contributed by atoms with Crippen LogP contribution in [0.15, 0.2) is 53.4 Å². The third kappa shape index (κ3) is 3.69. The van der Waals surface area contributed by atoms with Crippen LogP contribution in [0.25, 0.3) is 0 Å². The van der Waals surface area contributed by atoms with Crippen molar-refractivity contribution in [1.82, 2.24) is 5.32 Å². The second-order valence-corrected chi connectivity index (χ2v) is 8.09. The number of ether oxygens (including phenoxy) is 1.